The Morgan fingerprint density at radius 3 is 2.68 bits per heavy atom. The normalized spacial score (nSPS) is 16.9. The van der Waals surface area contributed by atoms with E-state index in [2.05, 4.69) is 15.4 Å². The molecule has 94 valence electrons. The first-order chi connectivity index (χ1) is 9.22. The number of carbonyl (C=O) groups is 1. The van der Waals surface area contributed by atoms with E-state index in [-0.39, 0.29) is 5.91 Å². The monoisotopic (exact) mass is 288 g/mol. The van der Waals surface area contributed by atoms with Crippen LogP contribution in [-0.4, -0.2) is 25.0 Å². The molecule has 0 unspecified atom stereocenters. The fourth-order valence-corrected chi connectivity index (χ4v) is 2.68. The Morgan fingerprint density at radius 1 is 1.32 bits per heavy atom. The molecule has 1 aliphatic rings. The number of thioether (sulfide) groups is 1. The summed E-state index contributed by atoms with van der Waals surface area (Å²) in [5.41, 5.74) is 1.85. The number of hydrogen-bond donors (Lipinski definition) is 1. The predicted molar refractivity (Wildman–Crippen MR) is 77.7 cm³/mol. The summed E-state index contributed by atoms with van der Waals surface area (Å²) in [7, 11) is 0. The first kappa shape index (κ1) is 12.1. The number of thiocarbonyl (C=S) groups is 1. The van der Waals surface area contributed by atoms with E-state index in [1.807, 2.05) is 30.3 Å². The second-order valence-electron chi connectivity index (χ2n) is 3.78. The molecule has 0 spiro atoms. The first-order valence-electron chi connectivity index (χ1n) is 5.42. The molecule has 7 heteroatoms. The number of amides is 1. The van der Waals surface area contributed by atoms with Crippen molar-refractivity contribution in [1.29, 1.82) is 0 Å². The van der Waals surface area contributed by atoms with Crippen molar-refractivity contribution >= 4 is 40.3 Å². The van der Waals surface area contributed by atoms with E-state index < -0.39 is 0 Å². The Balaban J connectivity index is 1.86. The van der Waals surface area contributed by atoms with E-state index in [9.17, 15) is 4.79 Å². The highest BCUT2D eigenvalue weighted by atomic mass is 32.2. The summed E-state index contributed by atoms with van der Waals surface area (Å²) >= 11 is 6.21. The molecule has 0 radical (unpaired) electrons. The molecule has 2 aromatic rings. The molecule has 0 bridgehead atoms. The number of hydrogen-bond acceptors (Lipinski definition) is 5. The third-order valence-corrected chi connectivity index (χ3v) is 3.68. The van der Waals surface area contributed by atoms with Crippen LogP contribution in [0.25, 0.3) is 11.8 Å². The molecule has 0 saturated carbocycles. The topological polar surface area (TPSA) is 59.8 Å². The van der Waals surface area contributed by atoms with Crippen LogP contribution in [0.1, 0.15) is 5.56 Å². The summed E-state index contributed by atoms with van der Waals surface area (Å²) < 4.78 is 2.17. The van der Waals surface area contributed by atoms with Gasteiger partial charge in [-0.05, 0) is 23.8 Å². The summed E-state index contributed by atoms with van der Waals surface area (Å²) in [6, 6.07) is 7.66. The zero-order chi connectivity index (χ0) is 13.2. The zero-order valence-corrected chi connectivity index (χ0v) is 11.2. The van der Waals surface area contributed by atoms with Crippen LogP contribution >= 0.6 is 24.0 Å². The largest absolute Gasteiger partial charge is 0.307 e. The number of nitrogens with one attached hydrogen (secondary N) is 1. The standard InChI is InChI=1S/C12H8N4OS2/c17-11-10(19-12(18)15-11)5-8-1-3-9(4-2-8)16-7-13-6-14-16/h1-7H,(H,15,17,18). The number of carbonyl (C=O) groups excluding carboxylic acids is 1. The summed E-state index contributed by atoms with van der Waals surface area (Å²) in [5.74, 6) is -0.143. The van der Waals surface area contributed by atoms with Crippen LogP contribution in [0.4, 0.5) is 0 Å². The minimum absolute atomic E-state index is 0.143. The minimum atomic E-state index is -0.143. The molecule has 1 amide bonds. The maximum Gasteiger partial charge on any atom is 0.263 e. The fraction of sp³-hybridized carbons (Fsp3) is 0. The Bertz CT molecular complexity index is 662. The van der Waals surface area contributed by atoms with Gasteiger partial charge in [0.25, 0.3) is 5.91 Å². The number of rotatable bonds is 2. The SMILES string of the molecule is O=C1NC(=S)SC1=Cc1ccc(-n2cncn2)cc1. The predicted octanol–water partition coefficient (Wildman–Crippen LogP) is 1.76. The molecule has 1 N–H and O–H groups in total. The highest BCUT2D eigenvalue weighted by Crippen LogP contribution is 2.25. The smallest absolute Gasteiger partial charge is 0.263 e. The summed E-state index contributed by atoms with van der Waals surface area (Å²) in [5, 5.41) is 6.63. The van der Waals surface area contributed by atoms with Gasteiger partial charge in [-0.15, -0.1) is 0 Å². The van der Waals surface area contributed by atoms with Gasteiger partial charge in [0.1, 0.15) is 17.0 Å². The fourth-order valence-electron chi connectivity index (χ4n) is 1.64. The van der Waals surface area contributed by atoms with E-state index >= 15 is 0 Å². The van der Waals surface area contributed by atoms with Gasteiger partial charge < -0.3 is 5.32 Å². The summed E-state index contributed by atoms with van der Waals surface area (Å²) in [4.78, 5) is 16.0. The van der Waals surface area contributed by atoms with Crippen molar-refractivity contribution < 1.29 is 4.79 Å². The van der Waals surface area contributed by atoms with Gasteiger partial charge >= 0.3 is 0 Å². The van der Waals surface area contributed by atoms with Crippen molar-refractivity contribution in [3.05, 3.63) is 47.4 Å². The van der Waals surface area contributed by atoms with Crippen molar-refractivity contribution in [2.75, 3.05) is 0 Å². The van der Waals surface area contributed by atoms with E-state index in [0.29, 0.717) is 9.23 Å². The van der Waals surface area contributed by atoms with Gasteiger partial charge in [0.15, 0.2) is 0 Å². The minimum Gasteiger partial charge on any atom is -0.307 e. The lowest BCUT2D eigenvalue weighted by Gasteiger charge is -2.00. The van der Waals surface area contributed by atoms with E-state index in [4.69, 9.17) is 12.2 Å². The molecule has 5 nitrogen and oxygen atoms in total. The lowest BCUT2D eigenvalue weighted by molar-refractivity contribution is -0.115. The quantitative estimate of drug-likeness (QED) is 0.674. The van der Waals surface area contributed by atoms with Crippen LogP contribution in [0.5, 0.6) is 0 Å². The zero-order valence-electron chi connectivity index (χ0n) is 9.61. The molecular formula is C12H8N4OS2. The van der Waals surface area contributed by atoms with Crippen molar-refractivity contribution in [1.82, 2.24) is 20.1 Å². The second kappa shape index (κ2) is 4.94. The van der Waals surface area contributed by atoms with Gasteiger partial charge in [-0.2, -0.15) is 5.10 Å². The molecule has 1 fully saturated rings. The van der Waals surface area contributed by atoms with E-state index in [1.165, 1.54) is 18.1 Å². The number of aromatic nitrogens is 3. The first-order valence-corrected chi connectivity index (χ1v) is 6.65. The van der Waals surface area contributed by atoms with Gasteiger partial charge in [-0.1, -0.05) is 36.1 Å². The van der Waals surface area contributed by atoms with Crippen LogP contribution in [0.3, 0.4) is 0 Å². The molecular weight excluding hydrogens is 280 g/mol. The molecule has 19 heavy (non-hydrogen) atoms. The molecule has 1 aromatic heterocycles. The lowest BCUT2D eigenvalue weighted by Crippen LogP contribution is -2.17. The maximum absolute atomic E-state index is 11.5. The van der Waals surface area contributed by atoms with Gasteiger partial charge in [0, 0.05) is 0 Å². The molecule has 2 heterocycles. The van der Waals surface area contributed by atoms with Crippen molar-refractivity contribution in [3.63, 3.8) is 0 Å². The maximum atomic E-state index is 11.5. The lowest BCUT2D eigenvalue weighted by atomic mass is 10.2. The Hall–Kier alpha value is -1.99. The van der Waals surface area contributed by atoms with Gasteiger partial charge in [-0.25, -0.2) is 9.67 Å². The Kier molecular flexibility index (Phi) is 3.14. The average Bonchev–Trinajstić information content (AvgIpc) is 3.01. The van der Waals surface area contributed by atoms with Crippen molar-refractivity contribution in [2.45, 2.75) is 0 Å². The van der Waals surface area contributed by atoms with Crippen molar-refractivity contribution in [3.8, 4) is 5.69 Å². The van der Waals surface area contributed by atoms with Gasteiger partial charge in [0.2, 0.25) is 0 Å². The number of nitrogens with zero attached hydrogens (tertiary/aromatic N) is 3. The second-order valence-corrected chi connectivity index (χ2v) is 5.50. The van der Waals surface area contributed by atoms with Crippen LogP contribution in [0.15, 0.2) is 41.8 Å². The van der Waals surface area contributed by atoms with Crippen LogP contribution in [0, 0.1) is 0 Å². The summed E-state index contributed by atoms with van der Waals surface area (Å²) in [6.45, 7) is 0. The van der Waals surface area contributed by atoms with Gasteiger partial charge in [-0.3, -0.25) is 4.79 Å². The molecule has 0 aliphatic carbocycles. The summed E-state index contributed by atoms with van der Waals surface area (Å²) in [6.07, 6.45) is 4.92. The van der Waals surface area contributed by atoms with Gasteiger partial charge in [0.05, 0.1) is 10.6 Å². The van der Waals surface area contributed by atoms with E-state index in [1.54, 1.807) is 11.0 Å². The molecule has 1 aromatic carbocycles. The van der Waals surface area contributed by atoms with E-state index in [0.717, 1.165) is 11.3 Å². The highest BCUT2D eigenvalue weighted by Gasteiger charge is 2.21. The van der Waals surface area contributed by atoms with Crippen LogP contribution in [-0.2, 0) is 4.79 Å². The molecule has 0 atom stereocenters. The third-order valence-electron chi connectivity index (χ3n) is 2.52. The molecule has 3 rings (SSSR count). The number of benzene rings is 1. The van der Waals surface area contributed by atoms with Crippen LogP contribution in [0.2, 0.25) is 0 Å². The third kappa shape index (κ3) is 2.56. The van der Waals surface area contributed by atoms with Crippen molar-refractivity contribution in [2.24, 2.45) is 0 Å². The highest BCUT2D eigenvalue weighted by molar-refractivity contribution is 8.26. The Labute approximate surface area is 118 Å². The van der Waals surface area contributed by atoms with Crippen LogP contribution < -0.4 is 5.32 Å². The average molecular weight is 288 g/mol. The Morgan fingerprint density at radius 2 is 2.11 bits per heavy atom. The molecule has 1 aliphatic heterocycles. The molecule has 1 saturated heterocycles.